The lowest BCUT2D eigenvalue weighted by atomic mass is 9.98. The molecule has 0 bridgehead atoms. The number of rotatable bonds is 3. The summed E-state index contributed by atoms with van der Waals surface area (Å²) in [6.07, 6.45) is 0. The van der Waals surface area contributed by atoms with E-state index in [9.17, 15) is 9.18 Å². The normalized spacial score (nSPS) is 14.3. The third-order valence-corrected chi connectivity index (χ3v) is 3.85. The van der Waals surface area contributed by atoms with E-state index in [4.69, 9.17) is 5.73 Å². The molecule has 1 heterocycles. The Hall–Kier alpha value is -2.53. The molecule has 4 nitrogen and oxygen atoms in total. The molecule has 23 heavy (non-hydrogen) atoms. The first-order valence-corrected chi connectivity index (χ1v) is 7.52. The summed E-state index contributed by atoms with van der Waals surface area (Å²) in [4.78, 5) is 18.4. The van der Waals surface area contributed by atoms with Gasteiger partial charge in [-0.05, 0) is 31.2 Å². The summed E-state index contributed by atoms with van der Waals surface area (Å²) in [7, 11) is 0. The highest BCUT2D eigenvalue weighted by atomic mass is 19.1. The first-order valence-electron chi connectivity index (χ1n) is 7.52. The van der Waals surface area contributed by atoms with Gasteiger partial charge in [-0.3, -0.25) is 9.79 Å². The third kappa shape index (κ3) is 2.87. The maximum Gasteiger partial charge on any atom is 0.248 e. The fourth-order valence-electron chi connectivity index (χ4n) is 2.78. The monoisotopic (exact) mass is 311 g/mol. The smallest absolute Gasteiger partial charge is 0.248 e. The van der Waals surface area contributed by atoms with E-state index in [-0.39, 0.29) is 18.3 Å². The van der Waals surface area contributed by atoms with E-state index in [2.05, 4.69) is 4.99 Å². The standard InChI is InChI=1S/C18H18FN3O/c1-12-6-7-16-14(10-12)18(13-4-2-3-5-15(13)19)21-11-17(23)22(16)9-8-20/h2-7,10H,8-9,11,20H2,1H3. The zero-order valence-electron chi connectivity index (χ0n) is 12.9. The van der Waals surface area contributed by atoms with Crippen LogP contribution in [-0.2, 0) is 4.79 Å². The number of carbonyl (C=O) groups is 1. The number of nitrogens with two attached hydrogens (primary N) is 1. The molecule has 2 N–H and O–H groups in total. The van der Waals surface area contributed by atoms with Crippen molar-refractivity contribution in [2.45, 2.75) is 6.92 Å². The Morgan fingerprint density at radius 3 is 2.74 bits per heavy atom. The van der Waals surface area contributed by atoms with E-state index in [1.807, 2.05) is 25.1 Å². The van der Waals surface area contributed by atoms with Gasteiger partial charge in [-0.15, -0.1) is 0 Å². The van der Waals surface area contributed by atoms with E-state index in [1.165, 1.54) is 6.07 Å². The molecule has 1 amide bonds. The summed E-state index contributed by atoms with van der Waals surface area (Å²) in [6, 6.07) is 12.2. The fourth-order valence-corrected chi connectivity index (χ4v) is 2.78. The second kappa shape index (κ2) is 6.30. The van der Waals surface area contributed by atoms with Crippen molar-refractivity contribution in [1.82, 2.24) is 0 Å². The van der Waals surface area contributed by atoms with Gasteiger partial charge in [0.15, 0.2) is 0 Å². The molecular weight excluding hydrogens is 293 g/mol. The van der Waals surface area contributed by atoms with Gasteiger partial charge in [-0.25, -0.2) is 4.39 Å². The Balaban J connectivity index is 2.22. The molecule has 0 spiro atoms. The number of carbonyl (C=O) groups excluding carboxylic acids is 1. The van der Waals surface area contributed by atoms with Crippen LogP contribution in [0.4, 0.5) is 10.1 Å². The van der Waals surface area contributed by atoms with Gasteiger partial charge in [0.1, 0.15) is 12.4 Å². The zero-order valence-corrected chi connectivity index (χ0v) is 12.9. The van der Waals surface area contributed by atoms with Gasteiger partial charge in [-0.2, -0.15) is 0 Å². The number of halogens is 1. The van der Waals surface area contributed by atoms with E-state index in [1.54, 1.807) is 23.1 Å². The average molecular weight is 311 g/mol. The molecular formula is C18H18FN3O. The topological polar surface area (TPSA) is 58.7 Å². The lowest BCUT2D eigenvalue weighted by molar-refractivity contribution is -0.117. The van der Waals surface area contributed by atoms with E-state index in [0.717, 1.165) is 16.8 Å². The average Bonchev–Trinajstić information content (AvgIpc) is 2.66. The van der Waals surface area contributed by atoms with Gasteiger partial charge >= 0.3 is 0 Å². The number of hydrogen-bond donors (Lipinski definition) is 1. The number of benzene rings is 2. The van der Waals surface area contributed by atoms with E-state index < -0.39 is 0 Å². The summed E-state index contributed by atoms with van der Waals surface area (Å²) >= 11 is 0. The first kappa shape index (κ1) is 15.4. The number of nitrogens with zero attached hydrogens (tertiary/aromatic N) is 2. The van der Waals surface area contributed by atoms with Crippen molar-refractivity contribution in [3.05, 3.63) is 65.0 Å². The molecule has 0 fully saturated rings. The Kier molecular flexibility index (Phi) is 4.21. The van der Waals surface area contributed by atoms with Crippen LogP contribution in [0.5, 0.6) is 0 Å². The quantitative estimate of drug-likeness (QED) is 0.945. The molecule has 0 unspecified atom stereocenters. The fraction of sp³-hybridized carbons (Fsp3) is 0.222. The molecule has 1 aliphatic heterocycles. The van der Waals surface area contributed by atoms with Gasteiger partial charge < -0.3 is 10.6 Å². The number of fused-ring (bicyclic) bond motifs is 1. The molecule has 0 atom stereocenters. The molecule has 0 aromatic heterocycles. The molecule has 118 valence electrons. The van der Waals surface area contributed by atoms with Gasteiger partial charge in [0.05, 0.1) is 11.4 Å². The van der Waals surface area contributed by atoms with Gasteiger partial charge in [-0.1, -0.05) is 23.8 Å². The molecule has 1 aliphatic rings. The van der Waals surface area contributed by atoms with Crippen LogP contribution in [0.25, 0.3) is 0 Å². The summed E-state index contributed by atoms with van der Waals surface area (Å²) in [5.74, 6) is -0.481. The van der Waals surface area contributed by atoms with Gasteiger partial charge in [0, 0.05) is 24.2 Å². The van der Waals surface area contributed by atoms with Crippen molar-refractivity contribution in [2.24, 2.45) is 10.7 Å². The van der Waals surface area contributed by atoms with Crippen LogP contribution in [-0.4, -0.2) is 31.3 Å². The minimum Gasteiger partial charge on any atom is -0.329 e. The minimum atomic E-state index is -0.349. The second-order valence-electron chi connectivity index (χ2n) is 5.50. The molecule has 5 heteroatoms. The Labute approximate surface area is 134 Å². The van der Waals surface area contributed by atoms with E-state index >= 15 is 0 Å². The highest BCUT2D eigenvalue weighted by molar-refractivity contribution is 6.19. The largest absolute Gasteiger partial charge is 0.329 e. The number of benzodiazepines with no additional fused rings is 1. The lowest BCUT2D eigenvalue weighted by Crippen LogP contribution is -2.36. The zero-order chi connectivity index (χ0) is 16.4. The molecule has 0 aliphatic carbocycles. The minimum absolute atomic E-state index is 0.0165. The summed E-state index contributed by atoms with van der Waals surface area (Å²) in [5.41, 5.74) is 9.06. The Bertz CT molecular complexity index is 786. The molecule has 0 saturated heterocycles. The number of aliphatic imine (C=N–C) groups is 1. The highest BCUT2D eigenvalue weighted by Gasteiger charge is 2.25. The predicted octanol–water partition coefficient (Wildman–Crippen LogP) is 2.28. The van der Waals surface area contributed by atoms with Crippen molar-refractivity contribution in [3.63, 3.8) is 0 Å². The molecule has 3 rings (SSSR count). The highest BCUT2D eigenvalue weighted by Crippen LogP contribution is 2.28. The summed E-state index contributed by atoms with van der Waals surface area (Å²) < 4.78 is 14.2. The third-order valence-electron chi connectivity index (χ3n) is 3.85. The Morgan fingerprint density at radius 1 is 1.22 bits per heavy atom. The number of anilines is 1. The van der Waals surface area contributed by atoms with Crippen molar-refractivity contribution in [3.8, 4) is 0 Å². The SMILES string of the molecule is Cc1ccc2c(c1)C(c1ccccc1F)=NCC(=O)N2CCN. The van der Waals surface area contributed by atoms with Gasteiger partial charge in [0.2, 0.25) is 5.91 Å². The second-order valence-corrected chi connectivity index (χ2v) is 5.50. The van der Waals surface area contributed by atoms with Crippen LogP contribution >= 0.6 is 0 Å². The van der Waals surface area contributed by atoms with Gasteiger partial charge in [0.25, 0.3) is 0 Å². The molecule has 2 aromatic rings. The van der Waals surface area contributed by atoms with Crippen LogP contribution in [0.1, 0.15) is 16.7 Å². The Morgan fingerprint density at radius 2 is 2.00 bits per heavy atom. The molecule has 2 aromatic carbocycles. The number of hydrogen-bond acceptors (Lipinski definition) is 3. The molecule has 0 radical (unpaired) electrons. The maximum atomic E-state index is 14.2. The van der Waals surface area contributed by atoms with Crippen molar-refractivity contribution >= 4 is 17.3 Å². The van der Waals surface area contributed by atoms with Crippen molar-refractivity contribution in [1.29, 1.82) is 0 Å². The lowest BCUT2D eigenvalue weighted by Gasteiger charge is -2.22. The number of aryl methyl sites for hydroxylation is 1. The van der Waals surface area contributed by atoms with Crippen molar-refractivity contribution < 1.29 is 9.18 Å². The van der Waals surface area contributed by atoms with E-state index in [0.29, 0.717) is 24.4 Å². The summed E-state index contributed by atoms with van der Waals surface area (Å²) in [5, 5.41) is 0. The summed E-state index contributed by atoms with van der Waals surface area (Å²) in [6.45, 7) is 2.71. The van der Waals surface area contributed by atoms with Crippen LogP contribution < -0.4 is 10.6 Å². The molecule has 0 saturated carbocycles. The van der Waals surface area contributed by atoms with Crippen LogP contribution in [0.3, 0.4) is 0 Å². The van der Waals surface area contributed by atoms with Crippen LogP contribution in [0, 0.1) is 12.7 Å². The maximum absolute atomic E-state index is 14.2. The van der Waals surface area contributed by atoms with Crippen molar-refractivity contribution in [2.75, 3.05) is 24.5 Å². The first-order chi connectivity index (χ1) is 11.1. The van der Waals surface area contributed by atoms with Crippen LogP contribution in [0.2, 0.25) is 0 Å². The van der Waals surface area contributed by atoms with Crippen LogP contribution in [0.15, 0.2) is 47.5 Å². The predicted molar refractivity (Wildman–Crippen MR) is 89.5 cm³/mol. The number of amides is 1.